The zero-order valence-corrected chi connectivity index (χ0v) is 18.5. The molecule has 0 fully saturated rings. The first kappa shape index (κ1) is 26.9. The van der Waals surface area contributed by atoms with Gasteiger partial charge < -0.3 is 5.11 Å². The van der Waals surface area contributed by atoms with Crippen molar-refractivity contribution < 1.29 is 14.9 Å². The number of rotatable bonds is 24. The van der Waals surface area contributed by atoms with Gasteiger partial charge in [-0.1, -0.05) is 129 Å². The largest absolute Gasteiger partial charge is 0.394 e. The van der Waals surface area contributed by atoms with E-state index < -0.39 is 0 Å². The molecule has 0 rings (SSSR count). The van der Waals surface area contributed by atoms with Crippen molar-refractivity contribution in [1.29, 1.82) is 0 Å². The van der Waals surface area contributed by atoms with Crippen LogP contribution in [0, 0.1) is 0 Å². The maximum absolute atomic E-state index is 8.53. The second kappa shape index (κ2) is 25.9. The van der Waals surface area contributed by atoms with Gasteiger partial charge in [0.15, 0.2) is 0 Å². The molecule has 1 N–H and O–H groups in total. The third kappa shape index (κ3) is 25.9. The highest BCUT2D eigenvalue weighted by molar-refractivity contribution is 4.50. The molecule has 27 heavy (non-hydrogen) atoms. The van der Waals surface area contributed by atoms with Crippen LogP contribution >= 0.6 is 0 Å². The lowest BCUT2D eigenvalue weighted by atomic mass is 10.0. The van der Waals surface area contributed by atoms with Crippen LogP contribution in [0.5, 0.6) is 0 Å². The van der Waals surface area contributed by atoms with Crippen molar-refractivity contribution in [2.75, 3.05) is 19.8 Å². The Hall–Kier alpha value is -0.120. The summed E-state index contributed by atoms with van der Waals surface area (Å²) in [6, 6.07) is 0. The number of unbranched alkanes of at least 4 members (excludes halogenated alkanes) is 19. The van der Waals surface area contributed by atoms with Gasteiger partial charge in [0, 0.05) is 0 Å². The van der Waals surface area contributed by atoms with Gasteiger partial charge in [0.1, 0.15) is 6.61 Å². The number of hydrogen-bond donors (Lipinski definition) is 1. The monoisotopic (exact) mass is 386 g/mol. The predicted molar refractivity (Wildman–Crippen MR) is 117 cm³/mol. The average molecular weight is 387 g/mol. The van der Waals surface area contributed by atoms with Gasteiger partial charge in [0.2, 0.25) is 0 Å². The third-order valence-corrected chi connectivity index (χ3v) is 5.34. The van der Waals surface area contributed by atoms with Crippen molar-refractivity contribution in [3.8, 4) is 0 Å². The maximum atomic E-state index is 8.53. The van der Waals surface area contributed by atoms with Gasteiger partial charge in [0.05, 0.1) is 13.2 Å². The molecule has 0 radical (unpaired) electrons. The first-order valence-corrected chi connectivity index (χ1v) is 12.3. The molecule has 0 aromatic carbocycles. The zero-order chi connectivity index (χ0) is 19.7. The van der Waals surface area contributed by atoms with E-state index in [9.17, 15) is 0 Å². The van der Waals surface area contributed by atoms with E-state index in [0.717, 1.165) is 6.42 Å². The summed E-state index contributed by atoms with van der Waals surface area (Å²) in [6.07, 6.45) is 28.0. The van der Waals surface area contributed by atoms with Crippen molar-refractivity contribution in [2.24, 2.45) is 0 Å². The van der Waals surface area contributed by atoms with Crippen molar-refractivity contribution in [1.82, 2.24) is 0 Å². The van der Waals surface area contributed by atoms with E-state index in [0.29, 0.717) is 6.61 Å². The fourth-order valence-electron chi connectivity index (χ4n) is 3.57. The Labute approximate surface area is 170 Å². The minimum absolute atomic E-state index is 0.0270. The minimum Gasteiger partial charge on any atom is -0.394 e. The quantitative estimate of drug-likeness (QED) is 0.105. The van der Waals surface area contributed by atoms with Crippen molar-refractivity contribution in [3.05, 3.63) is 0 Å². The molecule has 0 heterocycles. The number of hydrogen-bond acceptors (Lipinski definition) is 3. The lowest BCUT2D eigenvalue weighted by Crippen LogP contribution is -2.01. The Balaban J connectivity index is 2.95. The first-order valence-electron chi connectivity index (χ1n) is 12.3. The maximum Gasteiger partial charge on any atom is 0.105 e. The fraction of sp³-hybridized carbons (Fsp3) is 1.00. The summed E-state index contributed by atoms with van der Waals surface area (Å²) in [7, 11) is 0. The summed E-state index contributed by atoms with van der Waals surface area (Å²) < 4.78 is 0. The molecule has 0 aliphatic carbocycles. The van der Waals surface area contributed by atoms with Crippen LogP contribution in [0.25, 0.3) is 0 Å². The standard InChI is InChI=1S/C24H50O3/c1-2-3-4-5-6-7-8-9-10-11-12-13-14-15-16-17-18-19-20-21-23-26-27-24-22-25/h25H,2-24H2,1H3. The van der Waals surface area contributed by atoms with Crippen LogP contribution < -0.4 is 0 Å². The van der Waals surface area contributed by atoms with Gasteiger partial charge in [-0.2, -0.15) is 0 Å². The Morgan fingerprint density at radius 1 is 0.407 bits per heavy atom. The highest BCUT2D eigenvalue weighted by Gasteiger charge is 1.96. The molecule has 0 unspecified atom stereocenters. The molecule has 0 spiro atoms. The highest BCUT2D eigenvalue weighted by Crippen LogP contribution is 2.14. The second-order valence-corrected chi connectivity index (χ2v) is 8.09. The molecule has 0 amide bonds. The lowest BCUT2D eigenvalue weighted by molar-refractivity contribution is -0.298. The number of aliphatic hydroxyl groups excluding tert-OH is 1. The van der Waals surface area contributed by atoms with E-state index >= 15 is 0 Å². The van der Waals surface area contributed by atoms with Gasteiger partial charge >= 0.3 is 0 Å². The molecule has 0 aromatic rings. The molecule has 0 atom stereocenters. The van der Waals surface area contributed by atoms with Crippen LogP contribution in [-0.2, 0) is 9.78 Å². The molecular formula is C24H50O3. The highest BCUT2D eigenvalue weighted by atomic mass is 17.2. The van der Waals surface area contributed by atoms with E-state index in [1.807, 2.05) is 0 Å². The van der Waals surface area contributed by atoms with Crippen molar-refractivity contribution >= 4 is 0 Å². The molecule has 0 aliphatic rings. The van der Waals surface area contributed by atoms with E-state index in [-0.39, 0.29) is 13.2 Å². The fourth-order valence-corrected chi connectivity index (χ4v) is 3.57. The van der Waals surface area contributed by atoms with E-state index in [4.69, 9.17) is 14.9 Å². The third-order valence-electron chi connectivity index (χ3n) is 5.34. The number of aliphatic hydroxyl groups is 1. The van der Waals surface area contributed by atoms with Crippen LogP contribution in [0.3, 0.4) is 0 Å². The van der Waals surface area contributed by atoms with Crippen LogP contribution in [0.4, 0.5) is 0 Å². The minimum atomic E-state index is 0.0270. The zero-order valence-electron chi connectivity index (χ0n) is 18.5. The lowest BCUT2D eigenvalue weighted by Gasteiger charge is -2.04. The van der Waals surface area contributed by atoms with Gasteiger partial charge in [-0.05, 0) is 6.42 Å². The SMILES string of the molecule is CCCCCCCCCCCCCCCCCCCCCCOOCCO. The summed E-state index contributed by atoms with van der Waals surface area (Å²) in [5.74, 6) is 0. The smallest absolute Gasteiger partial charge is 0.105 e. The van der Waals surface area contributed by atoms with Gasteiger partial charge in [-0.3, -0.25) is 0 Å². The van der Waals surface area contributed by atoms with Crippen molar-refractivity contribution in [2.45, 2.75) is 135 Å². The van der Waals surface area contributed by atoms with Crippen LogP contribution in [0.2, 0.25) is 0 Å². The molecule has 0 saturated carbocycles. The molecule has 164 valence electrons. The summed E-state index contributed by atoms with van der Waals surface area (Å²) in [5, 5.41) is 8.53. The van der Waals surface area contributed by atoms with E-state index in [2.05, 4.69) is 6.92 Å². The molecule has 3 nitrogen and oxygen atoms in total. The molecule has 0 saturated heterocycles. The van der Waals surface area contributed by atoms with Gasteiger partial charge in [0.25, 0.3) is 0 Å². The normalized spacial score (nSPS) is 11.3. The van der Waals surface area contributed by atoms with Gasteiger partial charge in [-0.15, -0.1) is 0 Å². The van der Waals surface area contributed by atoms with Crippen LogP contribution in [-0.4, -0.2) is 24.9 Å². The molecule has 0 aliphatic heterocycles. The average Bonchev–Trinajstić information content (AvgIpc) is 2.68. The second-order valence-electron chi connectivity index (χ2n) is 8.09. The molecule has 0 bridgehead atoms. The predicted octanol–water partition coefficient (Wildman–Crippen LogP) is 7.75. The van der Waals surface area contributed by atoms with Gasteiger partial charge in [-0.25, -0.2) is 9.78 Å². The summed E-state index contributed by atoms with van der Waals surface area (Å²) in [5.41, 5.74) is 0. The Bertz CT molecular complexity index is 222. The Morgan fingerprint density at radius 3 is 1.04 bits per heavy atom. The topological polar surface area (TPSA) is 38.7 Å². The van der Waals surface area contributed by atoms with E-state index in [1.54, 1.807) is 0 Å². The summed E-state index contributed by atoms with van der Waals surface area (Å²) >= 11 is 0. The Morgan fingerprint density at radius 2 is 0.704 bits per heavy atom. The Kier molecular flexibility index (Phi) is 25.8. The van der Waals surface area contributed by atoms with Crippen LogP contribution in [0.1, 0.15) is 135 Å². The first-order chi connectivity index (χ1) is 13.4. The molecular weight excluding hydrogens is 336 g/mol. The van der Waals surface area contributed by atoms with E-state index in [1.165, 1.54) is 122 Å². The van der Waals surface area contributed by atoms with Crippen LogP contribution in [0.15, 0.2) is 0 Å². The summed E-state index contributed by atoms with van der Waals surface area (Å²) in [4.78, 5) is 9.72. The summed E-state index contributed by atoms with van der Waals surface area (Å²) in [6.45, 7) is 3.25. The van der Waals surface area contributed by atoms with Crippen molar-refractivity contribution in [3.63, 3.8) is 0 Å². The molecule has 3 heteroatoms. The molecule has 0 aromatic heterocycles.